The summed E-state index contributed by atoms with van der Waals surface area (Å²) in [5.41, 5.74) is -4.51. The number of pyridine rings is 2. The Kier molecular flexibility index (Phi) is 10.3. The van der Waals surface area contributed by atoms with E-state index < -0.39 is 91.6 Å². The molecule has 3 aliphatic rings. The highest BCUT2D eigenvalue weighted by molar-refractivity contribution is 7.91. The number of alkyl carbamates (subject to hydrolysis) is 1. The highest BCUT2D eigenvalue weighted by Crippen LogP contribution is 2.45. The quantitative estimate of drug-likeness (QED) is 0.300. The normalized spacial score (nSPS) is 23.9. The Bertz CT molecular complexity index is 1940. The van der Waals surface area contributed by atoms with Crippen LogP contribution >= 0.6 is 0 Å². The van der Waals surface area contributed by atoms with E-state index >= 15 is 0 Å². The second-order valence-electron chi connectivity index (χ2n) is 15.9. The highest BCUT2D eigenvalue weighted by atomic mass is 32.2. The number of halogens is 3. The van der Waals surface area contributed by atoms with Gasteiger partial charge in [0.05, 0.1) is 17.2 Å². The Balaban J connectivity index is 1.47. The number of likely N-dealkylation sites (tertiary alicyclic amines) is 1. The maximum atomic E-state index is 14.4. The molecule has 5 rings (SSSR count). The minimum Gasteiger partial charge on any atom is -0.488 e. The van der Waals surface area contributed by atoms with Gasteiger partial charge in [0.15, 0.2) is 5.65 Å². The molecule has 5 unspecified atom stereocenters. The van der Waals surface area contributed by atoms with Crippen LogP contribution in [-0.2, 0) is 35.3 Å². The Labute approximate surface area is 305 Å². The lowest BCUT2D eigenvalue weighted by Gasteiger charge is -2.36. The summed E-state index contributed by atoms with van der Waals surface area (Å²) in [7, 11) is -3.96. The number of rotatable bonds is 10. The number of ether oxygens (including phenoxy) is 2. The number of carbonyl (C=O) groups is 4. The van der Waals surface area contributed by atoms with Crippen LogP contribution in [0.1, 0.15) is 78.6 Å². The molecule has 1 aliphatic heterocycles. The smallest absolute Gasteiger partial charge is 0.433 e. The van der Waals surface area contributed by atoms with E-state index in [2.05, 4.69) is 31.9 Å². The SMILES string of the molecule is C=CC1CC1(NC(=O)C1CC(Oc2cc(C)nc3nc(C(F)(F)F)ccc23)CN1C(=O)C(NC(=O)OC(C)(C)C)C(C)(C)C)C(=O)NS(=O)(=O)C1CC1. The van der Waals surface area contributed by atoms with Crippen molar-refractivity contribution in [2.75, 3.05) is 6.54 Å². The lowest BCUT2D eigenvalue weighted by molar-refractivity contribution is -0.143. The van der Waals surface area contributed by atoms with E-state index in [4.69, 9.17) is 9.47 Å². The van der Waals surface area contributed by atoms with Gasteiger partial charge < -0.3 is 25.0 Å². The van der Waals surface area contributed by atoms with Crippen molar-refractivity contribution in [3.63, 3.8) is 0 Å². The topological polar surface area (TPSA) is 186 Å². The number of sulfonamides is 1. The first-order valence-corrected chi connectivity index (χ1v) is 18.7. The van der Waals surface area contributed by atoms with Crippen molar-refractivity contribution in [1.82, 2.24) is 30.2 Å². The molecular formula is C35H45F3N6O8S. The van der Waals surface area contributed by atoms with Gasteiger partial charge in [-0.05, 0) is 64.5 Å². The third kappa shape index (κ3) is 8.84. The van der Waals surface area contributed by atoms with Gasteiger partial charge in [-0.25, -0.2) is 23.2 Å². The van der Waals surface area contributed by atoms with Crippen molar-refractivity contribution >= 4 is 44.9 Å². The molecule has 1 saturated heterocycles. The van der Waals surface area contributed by atoms with Gasteiger partial charge in [0.2, 0.25) is 21.8 Å². The van der Waals surface area contributed by atoms with Crippen molar-refractivity contribution in [2.45, 2.75) is 115 Å². The van der Waals surface area contributed by atoms with Gasteiger partial charge in [-0.2, -0.15) is 13.2 Å². The van der Waals surface area contributed by atoms with Gasteiger partial charge in [0.1, 0.15) is 40.8 Å². The van der Waals surface area contributed by atoms with Crippen LogP contribution in [0.3, 0.4) is 0 Å². The summed E-state index contributed by atoms with van der Waals surface area (Å²) in [5, 5.41) is 4.78. The minimum absolute atomic E-state index is 0.0644. The molecule has 53 heavy (non-hydrogen) atoms. The fourth-order valence-electron chi connectivity index (χ4n) is 6.26. The first-order valence-electron chi connectivity index (χ1n) is 17.2. The zero-order valence-corrected chi connectivity index (χ0v) is 31.4. The summed E-state index contributed by atoms with van der Waals surface area (Å²) >= 11 is 0. The summed E-state index contributed by atoms with van der Waals surface area (Å²) in [6.45, 7) is 15.1. The standard InChI is InChI=1S/C35H45F3N6O8S/c1-9-19-16-34(19,30(47)43-53(49,50)21-10-11-21)42-28(45)23-15-20(17-44(23)29(46)26(32(3,4)5)41-31(48)52-33(6,7)8)51-24-14-18(2)39-27-22(24)12-13-25(40-27)35(36,37)38/h9,12-14,19-21,23,26H,1,10-11,15-17H2,2-8H3,(H,41,48)(H,42,45)(H,43,47). The fraction of sp³-hybridized carbons (Fsp3) is 0.600. The van der Waals surface area contributed by atoms with Crippen molar-refractivity contribution in [3.05, 3.63) is 42.2 Å². The van der Waals surface area contributed by atoms with Crippen molar-refractivity contribution in [2.24, 2.45) is 11.3 Å². The molecule has 5 atom stereocenters. The fourth-order valence-corrected chi connectivity index (χ4v) is 7.63. The molecule has 2 saturated carbocycles. The van der Waals surface area contributed by atoms with Crippen molar-refractivity contribution in [3.8, 4) is 5.75 Å². The maximum absolute atomic E-state index is 14.4. The predicted octanol–water partition coefficient (Wildman–Crippen LogP) is 3.91. The van der Waals surface area contributed by atoms with Crippen LogP contribution in [0.2, 0.25) is 0 Å². The number of hydrogen-bond acceptors (Lipinski definition) is 10. The van der Waals surface area contributed by atoms with Crippen LogP contribution in [0.15, 0.2) is 30.9 Å². The van der Waals surface area contributed by atoms with Crippen LogP contribution in [0.4, 0.5) is 18.0 Å². The first-order chi connectivity index (χ1) is 24.3. The van der Waals surface area contributed by atoms with Crippen molar-refractivity contribution in [1.29, 1.82) is 0 Å². The zero-order valence-electron chi connectivity index (χ0n) is 30.6. The molecule has 3 N–H and O–H groups in total. The third-order valence-electron chi connectivity index (χ3n) is 9.22. The van der Waals surface area contributed by atoms with E-state index in [0.29, 0.717) is 18.5 Å². The van der Waals surface area contributed by atoms with Crippen LogP contribution in [0, 0.1) is 18.3 Å². The molecular weight excluding hydrogens is 721 g/mol. The van der Waals surface area contributed by atoms with Crippen LogP contribution in [0.5, 0.6) is 5.75 Å². The molecule has 2 aromatic rings. The molecule has 14 nitrogen and oxygen atoms in total. The van der Waals surface area contributed by atoms with Gasteiger partial charge in [-0.1, -0.05) is 26.8 Å². The second kappa shape index (κ2) is 13.7. The number of aryl methyl sites for hydroxylation is 1. The van der Waals surface area contributed by atoms with E-state index in [0.717, 1.165) is 6.07 Å². The number of nitrogens with zero attached hydrogens (tertiary/aromatic N) is 3. The number of carbonyl (C=O) groups excluding carboxylic acids is 4. The molecule has 0 spiro atoms. The average molecular weight is 767 g/mol. The molecule has 0 aromatic carbocycles. The Hall–Kier alpha value is -4.48. The largest absolute Gasteiger partial charge is 0.488 e. The van der Waals surface area contributed by atoms with E-state index in [9.17, 15) is 40.8 Å². The summed E-state index contributed by atoms with van der Waals surface area (Å²) in [4.78, 5) is 64.0. The number of aromatic nitrogens is 2. The minimum atomic E-state index is -4.72. The molecule has 4 amide bonds. The van der Waals surface area contributed by atoms with E-state index in [1.54, 1.807) is 48.5 Å². The lowest BCUT2D eigenvalue weighted by Crippen LogP contribution is -2.60. The molecule has 290 valence electrons. The van der Waals surface area contributed by atoms with Gasteiger partial charge in [-0.15, -0.1) is 6.58 Å². The number of fused-ring (bicyclic) bond motifs is 1. The molecule has 2 aliphatic carbocycles. The summed E-state index contributed by atoms with van der Waals surface area (Å²) in [5.74, 6) is -2.87. The Morgan fingerprint density at radius 3 is 2.28 bits per heavy atom. The zero-order chi connectivity index (χ0) is 39.5. The molecule has 3 fully saturated rings. The van der Waals surface area contributed by atoms with Gasteiger partial charge in [0.25, 0.3) is 5.91 Å². The van der Waals surface area contributed by atoms with Gasteiger partial charge in [0, 0.05) is 24.1 Å². The number of amides is 4. The van der Waals surface area contributed by atoms with Crippen LogP contribution in [0.25, 0.3) is 11.0 Å². The number of alkyl halides is 3. The van der Waals surface area contributed by atoms with Gasteiger partial charge >= 0.3 is 12.3 Å². The van der Waals surface area contributed by atoms with Gasteiger partial charge in [-0.3, -0.25) is 19.1 Å². The number of nitrogens with one attached hydrogen (secondary N) is 3. The summed E-state index contributed by atoms with van der Waals surface area (Å²) in [6, 6.07) is 0.955. The molecule has 18 heteroatoms. The average Bonchev–Trinajstić information content (AvgIpc) is 3.94. The third-order valence-corrected chi connectivity index (χ3v) is 11.0. The molecule has 2 aromatic heterocycles. The molecule has 3 heterocycles. The van der Waals surface area contributed by atoms with Crippen LogP contribution in [-0.4, -0.2) is 88.2 Å². The summed E-state index contributed by atoms with van der Waals surface area (Å²) in [6.07, 6.45) is -4.34. The summed E-state index contributed by atoms with van der Waals surface area (Å²) < 4.78 is 79.4. The van der Waals surface area contributed by atoms with E-state index in [1.165, 1.54) is 23.1 Å². The molecule has 0 bridgehead atoms. The van der Waals surface area contributed by atoms with Crippen molar-refractivity contribution < 1.29 is 50.2 Å². The Morgan fingerprint density at radius 1 is 1.08 bits per heavy atom. The maximum Gasteiger partial charge on any atom is 0.433 e. The second-order valence-corrected chi connectivity index (χ2v) is 17.9. The number of hydrogen-bond donors (Lipinski definition) is 3. The first kappa shape index (κ1) is 39.7. The monoisotopic (exact) mass is 766 g/mol. The predicted molar refractivity (Wildman–Crippen MR) is 186 cm³/mol. The lowest BCUT2D eigenvalue weighted by atomic mass is 9.85. The van der Waals surface area contributed by atoms with E-state index in [-0.39, 0.29) is 36.2 Å². The van der Waals surface area contributed by atoms with E-state index in [1.807, 2.05) is 0 Å². The Morgan fingerprint density at radius 2 is 1.74 bits per heavy atom. The van der Waals surface area contributed by atoms with Crippen LogP contribution < -0.4 is 20.1 Å². The highest BCUT2D eigenvalue weighted by Gasteiger charge is 2.62. The molecule has 0 radical (unpaired) electrons.